The minimum Gasteiger partial charge on any atom is -0.480 e. The monoisotopic (exact) mass is 346 g/mol. The van der Waals surface area contributed by atoms with Crippen LogP contribution in [0, 0.1) is 17.8 Å². The predicted molar refractivity (Wildman–Crippen MR) is 81.4 cm³/mol. The van der Waals surface area contributed by atoms with Crippen molar-refractivity contribution in [3.05, 3.63) is 0 Å². The van der Waals surface area contributed by atoms with E-state index < -0.39 is 41.7 Å². The van der Waals surface area contributed by atoms with E-state index in [1.807, 2.05) is 0 Å². The summed E-state index contributed by atoms with van der Waals surface area (Å²) in [5.74, 6) is -7.19. The van der Waals surface area contributed by atoms with Crippen molar-refractivity contribution in [1.82, 2.24) is 10.2 Å². The van der Waals surface area contributed by atoms with Gasteiger partial charge in [-0.3, -0.25) is 9.59 Å². The molecule has 2 aliphatic rings. The average molecular weight is 346 g/mol. The minimum atomic E-state index is -3.60. The summed E-state index contributed by atoms with van der Waals surface area (Å²) < 4.78 is 26.3. The number of nitrogens with one attached hydrogen (secondary N) is 1. The number of carboxylic acid groups (broad SMARTS) is 1. The molecule has 4 atom stereocenters. The van der Waals surface area contributed by atoms with Crippen LogP contribution in [0.5, 0.6) is 0 Å². The lowest BCUT2D eigenvalue weighted by Gasteiger charge is -2.31. The lowest BCUT2D eigenvalue weighted by atomic mass is 9.94. The molecule has 2 amide bonds. The lowest BCUT2D eigenvalue weighted by Crippen LogP contribution is -2.56. The Labute approximate surface area is 139 Å². The molecule has 1 saturated heterocycles. The molecule has 1 heterocycles. The fourth-order valence-corrected chi connectivity index (χ4v) is 3.81. The Morgan fingerprint density at radius 1 is 1.25 bits per heavy atom. The average Bonchev–Trinajstić information content (AvgIpc) is 3.01. The van der Waals surface area contributed by atoms with Crippen LogP contribution < -0.4 is 5.32 Å². The van der Waals surface area contributed by atoms with Crippen molar-refractivity contribution >= 4 is 17.8 Å². The Hall–Kier alpha value is -1.73. The summed E-state index contributed by atoms with van der Waals surface area (Å²) in [6, 6.07) is -2.10. The van der Waals surface area contributed by atoms with Crippen molar-refractivity contribution in [2.24, 2.45) is 17.8 Å². The Morgan fingerprint density at radius 2 is 1.88 bits per heavy atom. The zero-order valence-electron chi connectivity index (χ0n) is 14.1. The number of nitrogens with zero attached hydrogens (tertiary/aromatic N) is 1. The van der Waals surface area contributed by atoms with Gasteiger partial charge in [0.25, 0.3) is 5.91 Å². The summed E-state index contributed by atoms with van der Waals surface area (Å²) >= 11 is 0. The summed E-state index contributed by atoms with van der Waals surface area (Å²) in [7, 11) is 0. The third kappa shape index (κ3) is 3.52. The maximum Gasteiger partial charge on any atom is 0.326 e. The van der Waals surface area contributed by atoms with Gasteiger partial charge in [-0.2, -0.15) is 8.78 Å². The van der Waals surface area contributed by atoms with E-state index in [9.17, 15) is 28.3 Å². The molecule has 24 heavy (non-hydrogen) atoms. The summed E-state index contributed by atoms with van der Waals surface area (Å²) in [5.41, 5.74) is 0. The number of carbonyl (C=O) groups is 3. The van der Waals surface area contributed by atoms with Gasteiger partial charge in [-0.05, 0) is 30.6 Å². The normalized spacial score (nSPS) is 27.9. The molecule has 1 unspecified atom stereocenters. The molecule has 6 nitrogen and oxygen atoms in total. The predicted octanol–water partition coefficient (Wildman–Crippen LogP) is 1.49. The van der Waals surface area contributed by atoms with Gasteiger partial charge < -0.3 is 15.3 Å². The van der Waals surface area contributed by atoms with Crippen LogP contribution in [0.3, 0.4) is 0 Å². The van der Waals surface area contributed by atoms with Crippen LogP contribution in [0.15, 0.2) is 0 Å². The maximum atomic E-state index is 13.1. The Balaban J connectivity index is 2.20. The number of carboxylic acids is 1. The molecule has 0 aromatic heterocycles. The molecule has 1 saturated carbocycles. The molecular weight excluding hydrogens is 322 g/mol. The second kappa shape index (κ2) is 6.64. The molecule has 2 N–H and O–H groups in total. The van der Waals surface area contributed by atoms with Gasteiger partial charge in [-0.25, -0.2) is 4.79 Å². The first-order chi connectivity index (χ1) is 11.0. The van der Waals surface area contributed by atoms with Crippen molar-refractivity contribution in [3.8, 4) is 0 Å². The second-order valence-electron chi connectivity index (χ2n) is 7.21. The molecular formula is C16H24F2N2O4. The van der Waals surface area contributed by atoms with Crippen molar-refractivity contribution in [2.75, 3.05) is 6.54 Å². The zero-order valence-corrected chi connectivity index (χ0v) is 14.1. The molecule has 1 aliphatic carbocycles. The van der Waals surface area contributed by atoms with Crippen LogP contribution in [0.25, 0.3) is 0 Å². The number of hydrogen-bond acceptors (Lipinski definition) is 3. The molecule has 0 aromatic rings. The first-order valence-corrected chi connectivity index (χ1v) is 8.26. The first kappa shape index (κ1) is 18.6. The maximum absolute atomic E-state index is 13.1. The van der Waals surface area contributed by atoms with Crippen molar-refractivity contribution in [3.63, 3.8) is 0 Å². The van der Waals surface area contributed by atoms with Crippen molar-refractivity contribution in [1.29, 1.82) is 0 Å². The van der Waals surface area contributed by atoms with E-state index in [1.165, 1.54) is 4.90 Å². The number of hydrogen-bond donors (Lipinski definition) is 2. The van der Waals surface area contributed by atoms with Crippen LogP contribution in [-0.2, 0) is 14.4 Å². The highest BCUT2D eigenvalue weighted by Gasteiger charge is 2.51. The quantitative estimate of drug-likeness (QED) is 0.790. The topological polar surface area (TPSA) is 86.7 Å². The van der Waals surface area contributed by atoms with E-state index in [0.717, 1.165) is 19.3 Å². The summed E-state index contributed by atoms with van der Waals surface area (Å²) in [6.45, 7) is 4.03. The van der Waals surface area contributed by atoms with Gasteiger partial charge >= 0.3 is 11.9 Å². The van der Waals surface area contributed by atoms with Gasteiger partial charge in [0.1, 0.15) is 12.1 Å². The van der Waals surface area contributed by atoms with Gasteiger partial charge in [0.05, 0.1) is 0 Å². The third-order valence-electron chi connectivity index (χ3n) is 5.04. The number of rotatable bonds is 5. The number of fused-ring (bicyclic) bond motifs is 1. The van der Waals surface area contributed by atoms with E-state index in [1.54, 1.807) is 13.8 Å². The Kier molecular flexibility index (Phi) is 5.15. The van der Waals surface area contributed by atoms with Crippen LogP contribution in [0.2, 0.25) is 0 Å². The highest BCUT2D eigenvalue weighted by atomic mass is 19.3. The van der Waals surface area contributed by atoms with Gasteiger partial charge in [0, 0.05) is 13.5 Å². The van der Waals surface area contributed by atoms with Gasteiger partial charge in [0.15, 0.2) is 0 Å². The molecule has 0 radical (unpaired) electrons. The standard InChI is InChI=1S/C16H24F2N2O4/c1-8(2)11(19-15(24)16(3,17)18)13(21)20-7-9-5-4-6-10(9)12(20)14(22)23/h8-12H,4-7H2,1-3H3,(H,19,24)(H,22,23)/t9-,10-,11?,12-/m0/s1. The number of amides is 2. The molecule has 2 rings (SSSR count). The van der Waals surface area contributed by atoms with E-state index in [-0.39, 0.29) is 11.8 Å². The van der Waals surface area contributed by atoms with Crippen LogP contribution in [-0.4, -0.2) is 52.3 Å². The molecule has 136 valence electrons. The molecule has 2 fully saturated rings. The first-order valence-electron chi connectivity index (χ1n) is 8.26. The largest absolute Gasteiger partial charge is 0.480 e. The Bertz CT molecular complexity index is 533. The third-order valence-corrected chi connectivity index (χ3v) is 5.04. The summed E-state index contributed by atoms with van der Waals surface area (Å²) in [4.78, 5) is 37.3. The smallest absolute Gasteiger partial charge is 0.326 e. The number of carbonyl (C=O) groups excluding carboxylic acids is 2. The van der Waals surface area contributed by atoms with Gasteiger partial charge in [-0.15, -0.1) is 0 Å². The zero-order chi connectivity index (χ0) is 18.2. The molecule has 1 aliphatic heterocycles. The summed E-state index contributed by atoms with van der Waals surface area (Å²) in [5, 5.41) is 11.6. The van der Waals surface area contributed by atoms with E-state index in [2.05, 4.69) is 5.32 Å². The van der Waals surface area contributed by atoms with E-state index in [0.29, 0.717) is 13.5 Å². The highest BCUT2D eigenvalue weighted by Crippen LogP contribution is 2.42. The van der Waals surface area contributed by atoms with Crippen LogP contribution in [0.1, 0.15) is 40.0 Å². The van der Waals surface area contributed by atoms with Gasteiger partial charge in [0.2, 0.25) is 5.91 Å². The highest BCUT2D eigenvalue weighted by molar-refractivity contribution is 5.92. The van der Waals surface area contributed by atoms with Crippen LogP contribution in [0.4, 0.5) is 8.78 Å². The number of likely N-dealkylation sites (tertiary alicyclic amines) is 1. The lowest BCUT2D eigenvalue weighted by molar-refractivity contribution is -0.153. The van der Waals surface area contributed by atoms with Crippen LogP contribution >= 0.6 is 0 Å². The summed E-state index contributed by atoms with van der Waals surface area (Å²) in [6.07, 6.45) is 2.55. The van der Waals surface area contributed by atoms with Crippen molar-refractivity contribution < 1.29 is 28.3 Å². The van der Waals surface area contributed by atoms with E-state index in [4.69, 9.17) is 0 Å². The Morgan fingerprint density at radius 3 is 2.38 bits per heavy atom. The fourth-order valence-electron chi connectivity index (χ4n) is 3.81. The molecule has 0 spiro atoms. The number of halogens is 2. The minimum absolute atomic E-state index is 0.0948. The molecule has 0 bridgehead atoms. The molecule has 8 heteroatoms. The van der Waals surface area contributed by atoms with E-state index >= 15 is 0 Å². The SMILES string of the molecule is CC(C)C(NC(=O)C(C)(F)F)C(=O)N1C[C@@H]2CCC[C@@H]2[C@H]1C(=O)O. The number of alkyl halides is 2. The van der Waals surface area contributed by atoms with Gasteiger partial charge in [-0.1, -0.05) is 20.3 Å². The fraction of sp³-hybridized carbons (Fsp3) is 0.812. The number of aliphatic carboxylic acids is 1. The molecule has 0 aromatic carbocycles. The second-order valence-corrected chi connectivity index (χ2v) is 7.21. The van der Waals surface area contributed by atoms with Crippen molar-refractivity contribution in [2.45, 2.75) is 58.0 Å².